The van der Waals surface area contributed by atoms with Crippen LogP contribution in [0.1, 0.15) is 29.3 Å². The molecule has 0 radical (unpaired) electrons. The number of carbonyl (C=O) groups excluding carboxylic acids is 2. The molecule has 120 valence electrons. The third-order valence-corrected chi connectivity index (χ3v) is 5.16. The second kappa shape index (κ2) is 6.91. The molecule has 0 aliphatic carbocycles. The molecule has 1 saturated heterocycles. The largest absolute Gasteiger partial charge is 0.352 e. The van der Waals surface area contributed by atoms with Crippen molar-refractivity contribution in [3.63, 3.8) is 0 Å². The molecule has 1 aliphatic rings. The number of amides is 2. The molecule has 5 nitrogen and oxygen atoms in total. The molecule has 23 heavy (non-hydrogen) atoms. The Labute approximate surface area is 139 Å². The normalized spacial score (nSPS) is 21.3. The Morgan fingerprint density at radius 2 is 2.30 bits per heavy atom. The van der Waals surface area contributed by atoms with E-state index in [0.717, 1.165) is 10.4 Å². The highest BCUT2D eigenvalue weighted by molar-refractivity contribution is 7.10. The quantitative estimate of drug-likeness (QED) is 0.937. The van der Waals surface area contributed by atoms with Crippen LogP contribution in [0, 0.1) is 5.92 Å². The van der Waals surface area contributed by atoms with Gasteiger partial charge in [0, 0.05) is 37.3 Å². The van der Waals surface area contributed by atoms with Gasteiger partial charge in [0.25, 0.3) is 0 Å². The van der Waals surface area contributed by atoms with Crippen LogP contribution in [0.25, 0.3) is 0 Å². The number of hydrogen-bond acceptors (Lipinski definition) is 4. The summed E-state index contributed by atoms with van der Waals surface area (Å²) >= 11 is 1.59. The minimum atomic E-state index is -0.215. The number of piperidine rings is 1. The van der Waals surface area contributed by atoms with Crippen molar-refractivity contribution < 1.29 is 9.59 Å². The molecule has 0 bridgehead atoms. The lowest BCUT2D eigenvalue weighted by Gasteiger charge is -2.37. The molecule has 2 amide bonds. The average Bonchev–Trinajstić information content (AvgIpc) is 3.10. The smallest absolute Gasteiger partial charge is 0.225 e. The number of pyridine rings is 1. The van der Waals surface area contributed by atoms with E-state index in [-0.39, 0.29) is 23.8 Å². The van der Waals surface area contributed by atoms with Crippen LogP contribution < -0.4 is 5.32 Å². The lowest BCUT2D eigenvalue weighted by Crippen LogP contribution is -2.45. The summed E-state index contributed by atoms with van der Waals surface area (Å²) in [4.78, 5) is 31.5. The van der Waals surface area contributed by atoms with Gasteiger partial charge < -0.3 is 10.2 Å². The van der Waals surface area contributed by atoms with Crippen molar-refractivity contribution in [2.45, 2.75) is 25.4 Å². The SMILES string of the molecule is CN1C(=O)CCC(C(=O)NCc2cccnc2)C1c1cccs1. The molecule has 3 rings (SSSR count). The van der Waals surface area contributed by atoms with E-state index in [9.17, 15) is 9.59 Å². The predicted octanol–water partition coefficient (Wildman–Crippen LogP) is 2.37. The molecule has 1 N–H and O–H groups in total. The number of rotatable bonds is 4. The number of hydrogen-bond donors (Lipinski definition) is 1. The standard InChI is InChI=1S/C17H19N3O2S/c1-20-15(21)7-6-13(16(20)14-5-3-9-23-14)17(22)19-11-12-4-2-8-18-10-12/h2-5,8-10,13,16H,6-7,11H2,1H3,(H,19,22). The summed E-state index contributed by atoms with van der Waals surface area (Å²) in [7, 11) is 1.78. The second-order valence-corrected chi connectivity index (χ2v) is 6.67. The lowest BCUT2D eigenvalue weighted by atomic mass is 9.87. The minimum Gasteiger partial charge on any atom is -0.352 e. The van der Waals surface area contributed by atoms with E-state index in [2.05, 4.69) is 10.3 Å². The van der Waals surface area contributed by atoms with E-state index in [1.54, 1.807) is 35.7 Å². The summed E-state index contributed by atoms with van der Waals surface area (Å²) in [5.41, 5.74) is 0.966. The molecule has 0 aromatic carbocycles. The first-order valence-electron chi connectivity index (χ1n) is 7.62. The minimum absolute atomic E-state index is 0.00777. The number of thiophene rings is 1. The van der Waals surface area contributed by atoms with E-state index in [1.807, 2.05) is 29.6 Å². The van der Waals surface area contributed by atoms with Gasteiger partial charge in [-0.25, -0.2) is 0 Å². The number of nitrogens with one attached hydrogen (secondary N) is 1. The maximum atomic E-state index is 12.7. The van der Waals surface area contributed by atoms with Gasteiger partial charge in [-0.3, -0.25) is 14.6 Å². The molecule has 6 heteroatoms. The molecule has 2 aromatic rings. The number of carbonyl (C=O) groups is 2. The Bertz CT molecular complexity index is 672. The van der Waals surface area contributed by atoms with E-state index < -0.39 is 0 Å². The average molecular weight is 329 g/mol. The highest BCUT2D eigenvalue weighted by atomic mass is 32.1. The van der Waals surface area contributed by atoms with E-state index in [1.165, 1.54) is 0 Å². The van der Waals surface area contributed by atoms with Crippen LogP contribution in [-0.2, 0) is 16.1 Å². The Kier molecular flexibility index (Phi) is 4.71. The van der Waals surface area contributed by atoms with Crippen molar-refractivity contribution in [1.82, 2.24) is 15.2 Å². The van der Waals surface area contributed by atoms with E-state index >= 15 is 0 Å². The monoisotopic (exact) mass is 329 g/mol. The third-order valence-electron chi connectivity index (χ3n) is 4.22. The summed E-state index contributed by atoms with van der Waals surface area (Å²) in [5, 5.41) is 4.96. The van der Waals surface area contributed by atoms with Gasteiger partial charge in [0.05, 0.1) is 12.0 Å². The summed E-state index contributed by atoms with van der Waals surface area (Å²) < 4.78 is 0. The van der Waals surface area contributed by atoms with Crippen LogP contribution in [0.2, 0.25) is 0 Å². The molecule has 2 aromatic heterocycles. The van der Waals surface area contributed by atoms with Gasteiger partial charge in [-0.15, -0.1) is 11.3 Å². The van der Waals surface area contributed by atoms with Gasteiger partial charge in [0.1, 0.15) is 0 Å². The fourth-order valence-electron chi connectivity index (χ4n) is 2.98. The first kappa shape index (κ1) is 15.7. The highest BCUT2D eigenvalue weighted by Gasteiger charge is 2.39. The predicted molar refractivity (Wildman–Crippen MR) is 88.6 cm³/mol. The Hall–Kier alpha value is -2.21. The summed E-state index contributed by atoms with van der Waals surface area (Å²) in [6.45, 7) is 0.456. The van der Waals surface area contributed by atoms with Gasteiger partial charge >= 0.3 is 0 Å². The molecule has 0 spiro atoms. The second-order valence-electron chi connectivity index (χ2n) is 5.69. The molecule has 2 atom stereocenters. The number of likely N-dealkylation sites (tertiary alicyclic amines) is 1. The zero-order chi connectivity index (χ0) is 16.2. The van der Waals surface area contributed by atoms with Crippen LogP contribution >= 0.6 is 11.3 Å². The van der Waals surface area contributed by atoms with Crippen LogP contribution in [0.4, 0.5) is 0 Å². The van der Waals surface area contributed by atoms with Crippen molar-refractivity contribution in [2.75, 3.05) is 7.05 Å². The van der Waals surface area contributed by atoms with E-state index in [0.29, 0.717) is 19.4 Å². The van der Waals surface area contributed by atoms with Gasteiger partial charge in [-0.2, -0.15) is 0 Å². The molecule has 1 fully saturated rings. The highest BCUT2D eigenvalue weighted by Crippen LogP contribution is 2.37. The first-order chi connectivity index (χ1) is 11.2. The topological polar surface area (TPSA) is 62.3 Å². The van der Waals surface area contributed by atoms with Crippen LogP contribution in [-0.4, -0.2) is 28.7 Å². The Balaban J connectivity index is 1.73. The summed E-state index contributed by atoms with van der Waals surface area (Å²) in [5.74, 6) is -0.126. The van der Waals surface area contributed by atoms with Gasteiger partial charge in [-0.05, 0) is 29.5 Å². The Morgan fingerprint density at radius 1 is 1.43 bits per heavy atom. The molecular formula is C17H19N3O2S. The van der Waals surface area contributed by atoms with Crippen LogP contribution in [0.3, 0.4) is 0 Å². The zero-order valence-corrected chi connectivity index (χ0v) is 13.8. The lowest BCUT2D eigenvalue weighted by molar-refractivity contribution is -0.141. The molecule has 1 aliphatic heterocycles. The van der Waals surface area contributed by atoms with Gasteiger partial charge in [0.2, 0.25) is 11.8 Å². The molecule has 0 saturated carbocycles. The van der Waals surface area contributed by atoms with Gasteiger partial charge in [-0.1, -0.05) is 12.1 Å². The fourth-order valence-corrected chi connectivity index (χ4v) is 3.92. The fraction of sp³-hybridized carbons (Fsp3) is 0.353. The van der Waals surface area contributed by atoms with Crippen LogP contribution in [0.15, 0.2) is 42.0 Å². The van der Waals surface area contributed by atoms with Crippen molar-refractivity contribution in [3.05, 3.63) is 52.5 Å². The Morgan fingerprint density at radius 3 is 3.00 bits per heavy atom. The number of nitrogens with zero attached hydrogens (tertiary/aromatic N) is 2. The van der Waals surface area contributed by atoms with Crippen molar-refractivity contribution >= 4 is 23.2 Å². The van der Waals surface area contributed by atoms with Gasteiger partial charge in [0.15, 0.2) is 0 Å². The molecule has 2 unspecified atom stereocenters. The summed E-state index contributed by atoms with van der Waals surface area (Å²) in [6, 6.07) is 7.55. The van der Waals surface area contributed by atoms with Crippen molar-refractivity contribution in [1.29, 1.82) is 0 Å². The van der Waals surface area contributed by atoms with Crippen molar-refractivity contribution in [3.8, 4) is 0 Å². The maximum absolute atomic E-state index is 12.7. The summed E-state index contributed by atoms with van der Waals surface area (Å²) in [6.07, 6.45) is 4.46. The molecular weight excluding hydrogens is 310 g/mol. The maximum Gasteiger partial charge on any atom is 0.225 e. The van der Waals surface area contributed by atoms with E-state index in [4.69, 9.17) is 0 Å². The zero-order valence-electron chi connectivity index (χ0n) is 12.9. The van der Waals surface area contributed by atoms with Crippen LogP contribution in [0.5, 0.6) is 0 Å². The number of aromatic nitrogens is 1. The first-order valence-corrected chi connectivity index (χ1v) is 8.50. The van der Waals surface area contributed by atoms with Crippen molar-refractivity contribution in [2.24, 2.45) is 5.92 Å². The molecule has 3 heterocycles. The third kappa shape index (κ3) is 3.42.